The van der Waals surface area contributed by atoms with E-state index in [1.807, 2.05) is 0 Å². The fourth-order valence-electron chi connectivity index (χ4n) is 1.70. The summed E-state index contributed by atoms with van der Waals surface area (Å²) in [6.45, 7) is 1.88. The summed E-state index contributed by atoms with van der Waals surface area (Å²) in [4.78, 5) is 23.3. The van der Waals surface area contributed by atoms with Crippen molar-refractivity contribution in [1.29, 1.82) is 0 Å². The van der Waals surface area contributed by atoms with E-state index in [1.165, 1.54) is 6.07 Å². The number of esters is 1. The first kappa shape index (κ1) is 13.8. The normalized spacial score (nSPS) is 10.1. The molecule has 1 aromatic carbocycles. The van der Waals surface area contributed by atoms with Crippen molar-refractivity contribution in [2.24, 2.45) is 0 Å². The van der Waals surface area contributed by atoms with Gasteiger partial charge in [-0.15, -0.1) is 0 Å². The lowest BCUT2D eigenvalue weighted by molar-refractivity contribution is 0.0524. The topological polar surface area (TPSA) is 81.3 Å². The number of carbonyl (C=O) groups excluding carboxylic acids is 1. The van der Waals surface area contributed by atoms with Gasteiger partial charge in [0.2, 0.25) is 0 Å². The molecule has 0 aliphatic carbocycles. The van der Waals surface area contributed by atoms with Crippen LogP contribution in [0.2, 0.25) is 0 Å². The van der Waals surface area contributed by atoms with Gasteiger partial charge in [0.1, 0.15) is 11.3 Å². The number of rotatable bonds is 4. The van der Waals surface area contributed by atoms with Crippen LogP contribution in [0.5, 0.6) is 5.75 Å². The van der Waals surface area contributed by atoms with E-state index >= 15 is 0 Å². The Bertz CT molecular complexity index is 679. The molecule has 1 N–H and O–H groups in total. The first-order valence-electron chi connectivity index (χ1n) is 6.07. The molecule has 0 spiro atoms. The predicted octanol–water partition coefficient (Wildman–Crippen LogP) is 1.62. The number of benzene rings is 1. The molecule has 20 heavy (non-hydrogen) atoms. The molecular formula is C14H14N2O4. The lowest BCUT2D eigenvalue weighted by Crippen LogP contribution is -2.21. The smallest absolute Gasteiger partial charge is 0.343 e. The second-order valence-electron chi connectivity index (χ2n) is 3.95. The van der Waals surface area contributed by atoms with Crippen molar-refractivity contribution in [3.8, 4) is 17.0 Å². The van der Waals surface area contributed by atoms with Crippen LogP contribution in [0.15, 0.2) is 35.1 Å². The van der Waals surface area contributed by atoms with Gasteiger partial charge in [0.15, 0.2) is 0 Å². The molecule has 104 valence electrons. The van der Waals surface area contributed by atoms with Crippen LogP contribution >= 0.6 is 0 Å². The number of methoxy groups -OCH3 is 1. The van der Waals surface area contributed by atoms with Crippen molar-refractivity contribution in [2.75, 3.05) is 13.7 Å². The second-order valence-corrected chi connectivity index (χ2v) is 3.95. The molecule has 6 heteroatoms. The van der Waals surface area contributed by atoms with E-state index in [4.69, 9.17) is 9.47 Å². The van der Waals surface area contributed by atoms with E-state index in [2.05, 4.69) is 10.2 Å². The summed E-state index contributed by atoms with van der Waals surface area (Å²) < 4.78 is 9.96. The molecule has 1 aromatic heterocycles. The van der Waals surface area contributed by atoms with E-state index in [9.17, 15) is 9.59 Å². The van der Waals surface area contributed by atoms with Crippen LogP contribution in [0.4, 0.5) is 0 Å². The Labute approximate surface area is 115 Å². The molecule has 6 nitrogen and oxygen atoms in total. The van der Waals surface area contributed by atoms with Gasteiger partial charge in [0, 0.05) is 5.56 Å². The summed E-state index contributed by atoms with van der Waals surface area (Å²) in [7, 11) is 1.56. The van der Waals surface area contributed by atoms with Gasteiger partial charge in [-0.25, -0.2) is 9.89 Å². The maximum absolute atomic E-state index is 11.7. The average Bonchev–Trinajstić information content (AvgIpc) is 2.48. The highest BCUT2D eigenvalue weighted by molar-refractivity contribution is 5.90. The van der Waals surface area contributed by atoms with Crippen LogP contribution in [0.1, 0.15) is 17.3 Å². The third-order valence-electron chi connectivity index (χ3n) is 2.66. The number of hydrogen-bond acceptors (Lipinski definition) is 5. The largest absolute Gasteiger partial charge is 0.497 e. The Morgan fingerprint density at radius 1 is 1.35 bits per heavy atom. The summed E-state index contributed by atoms with van der Waals surface area (Å²) >= 11 is 0. The van der Waals surface area contributed by atoms with Crippen molar-refractivity contribution >= 4 is 5.97 Å². The van der Waals surface area contributed by atoms with Crippen LogP contribution in [0.3, 0.4) is 0 Å². The number of ether oxygens (including phenoxy) is 2. The number of hydrogen-bond donors (Lipinski definition) is 1. The molecule has 2 aromatic rings. The second kappa shape index (κ2) is 6.01. The number of nitrogens with one attached hydrogen (secondary N) is 1. The minimum absolute atomic E-state index is 0.0698. The summed E-state index contributed by atoms with van der Waals surface area (Å²) in [5, 5.41) is 6.22. The van der Waals surface area contributed by atoms with Gasteiger partial charge in [0.05, 0.1) is 19.4 Å². The van der Waals surface area contributed by atoms with E-state index in [0.717, 1.165) is 5.56 Å². The van der Waals surface area contributed by atoms with Crippen molar-refractivity contribution in [3.63, 3.8) is 0 Å². The first-order chi connectivity index (χ1) is 9.65. The van der Waals surface area contributed by atoms with E-state index in [0.29, 0.717) is 11.4 Å². The summed E-state index contributed by atoms with van der Waals surface area (Å²) in [5.74, 6) is -0.00604. The minimum Gasteiger partial charge on any atom is -0.497 e. The maximum Gasteiger partial charge on any atom is 0.343 e. The van der Waals surface area contributed by atoms with Gasteiger partial charge in [0.25, 0.3) is 5.56 Å². The lowest BCUT2D eigenvalue weighted by atomic mass is 10.1. The summed E-state index contributed by atoms with van der Waals surface area (Å²) in [6, 6.07) is 8.56. The average molecular weight is 274 g/mol. The molecule has 0 radical (unpaired) electrons. The number of nitrogens with zero attached hydrogens (tertiary/aromatic N) is 1. The Hall–Kier alpha value is -2.63. The molecule has 0 bridgehead atoms. The van der Waals surface area contributed by atoms with Crippen LogP contribution in [-0.2, 0) is 4.74 Å². The Balaban J connectivity index is 2.45. The zero-order valence-corrected chi connectivity index (χ0v) is 11.2. The highest BCUT2D eigenvalue weighted by atomic mass is 16.5. The molecule has 0 unspecified atom stereocenters. The number of carbonyl (C=O) groups is 1. The molecule has 0 atom stereocenters. The molecule has 0 saturated carbocycles. The highest BCUT2D eigenvalue weighted by Crippen LogP contribution is 2.21. The quantitative estimate of drug-likeness (QED) is 0.857. The van der Waals surface area contributed by atoms with Crippen LogP contribution in [0, 0.1) is 0 Å². The molecular weight excluding hydrogens is 260 g/mol. The van der Waals surface area contributed by atoms with Gasteiger partial charge < -0.3 is 9.47 Å². The van der Waals surface area contributed by atoms with Gasteiger partial charge in [-0.3, -0.25) is 4.79 Å². The number of aromatic amines is 1. The van der Waals surface area contributed by atoms with Crippen molar-refractivity contribution < 1.29 is 14.3 Å². The summed E-state index contributed by atoms with van der Waals surface area (Å²) in [6.07, 6.45) is 0. The minimum atomic E-state index is -0.666. The van der Waals surface area contributed by atoms with Crippen LogP contribution in [-0.4, -0.2) is 29.9 Å². The molecule has 0 aliphatic heterocycles. The third-order valence-corrected chi connectivity index (χ3v) is 2.66. The van der Waals surface area contributed by atoms with E-state index in [-0.39, 0.29) is 12.2 Å². The van der Waals surface area contributed by atoms with Crippen LogP contribution < -0.4 is 10.3 Å². The first-order valence-corrected chi connectivity index (χ1v) is 6.07. The molecule has 0 aliphatic rings. The molecule has 2 rings (SSSR count). The Morgan fingerprint density at radius 3 is 2.85 bits per heavy atom. The highest BCUT2D eigenvalue weighted by Gasteiger charge is 2.14. The maximum atomic E-state index is 11.7. The molecule has 0 saturated heterocycles. The third kappa shape index (κ3) is 2.85. The Morgan fingerprint density at radius 2 is 2.15 bits per heavy atom. The lowest BCUT2D eigenvalue weighted by Gasteiger charge is -2.05. The van der Waals surface area contributed by atoms with Gasteiger partial charge in [-0.1, -0.05) is 12.1 Å². The van der Waals surface area contributed by atoms with Crippen molar-refractivity contribution in [1.82, 2.24) is 10.2 Å². The van der Waals surface area contributed by atoms with Gasteiger partial charge in [-0.2, -0.15) is 5.10 Å². The SMILES string of the molecule is CCOC(=O)c1cc(-c2cccc(OC)c2)n[nH]c1=O. The Kier molecular flexibility index (Phi) is 4.14. The van der Waals surface area contributed by atoms with Gasteiger partial charge >= 0.3 is 5.97 Å². The fraction of sp³-hybridized carbons (Fsp3) is 0.214. The van der Waals surface area contributed by atoms with Gasteiger partial charge in [-0.05, 0) is 25.1 Å². The standard InChI is InChI=1S/C14H14N2O4/c1-3-20-14(18)11-8-12(15-16-13(11)17)9-5-4-6-10(7-9)19-2/h4-8H,3H2,1-2H3,(H,16,17). The molecule has 1 heterocycles. The van der Waals surface area contributed by atoms with E-state index < -0.39 is 11.5 Å². The van der Waals surface area contributed by atoms with Crippen LogP contribution in [0.25, 0.3) is 11.3 Å². The molecule has 0 amide bonds. The number of aromatic nitrogens is 2. The summed E-state index contributed by atoms with van der Waals surface area (Å²) in [5.41, 5.74) is 0.549. The molecule has 0 fully saturated rings. The predicted molar refractivity (Wildman–Crippen MR) is 72.8 cm³/mol. The number of H-pyrrole nitrogens is 1. The zero-order chi connectivity index (χ0) is 14.5. The van der Waals surface area contributed by atoms with Crippen molar-refractivity contribution in [3.05, 3.63) is 46.2 Å². The zero-order valence-electron chi connectivity index (χ0n) is 11.2. The van der Waals surface area contributed by atoms with Crippen molar-refractivity contribution in [2.45, 2.75) is 6.92 Å². The fourth-order valence-corrected chi connectivity index (χ4v) is 1.70. The monoisotopic (exact) mass is 274 g/mol. The van der Waals surface area contributed by atoms with E-state index in [1.54, 1.807) is 38.3 Å².